The van der Waals surface area contributed by atoms with Gasteiger partial charge in [0, 0.05) is 5.69 Å². The molecule has 1 fully saturated rings. The van der Waals surface area contributed by atoms with Gasteiger partial charge in [0.25, 0.3) is 5.91 Å². The molecular weight excluding hydrogens is 322 g/mol. The van der Waals surface area contributed by atoms with Gasteiger partial charge in [-0.15, -0.1) is 0 Å². The molecule has 0 saturated carbocycles. The Morgan fingerprint density at radius 3 is 2.68 bits per heavy atom. The van der Waals surface area contributed by atoms with E-state index < -0.39 is 6.10 Å². The number of carbonyl (C=O) groups excluding carboxylic acids is 1. The topological polar surface area (TPSA) is 57.2 Å². The summed E-state index contributed by atoms with van der Waals surface area (Å²) in [6.45, 7) is 1.89. The summed E-state index contributed by atoms with van der Waals surface area (Å²) in [5, 5.41) is 0. The molecular formula is C19H19NO5. The number of carbonyl (C=O) groups is 1. The molecule has 0 radical (unpaired) electrons. The number of fused-ring (bicyclic) bond motifs is 1. The molecule has 6 nitrogen and oxygen atoms in total. The highest BCUT2D eigenvalue weighted by Crippen LogP contribution is 2.33. The molecule has 1 saturated heterocycles. The van der Waals surface area contributed by atoms with E-state index in [-0.39, 0.29) is 19.3 Å². The Labute approximate surface area is 145 Å². The Balaban J connectivity index is 1.60. The lowest BCUT2D eigenvalue weighted by atomic mass is 10.1. The number of hydrogen-bond acceptors (Lipinski definition) is 5. The maximum atomic E-state index is 13.0. The maximum Gasteiger partial charge on any atom is 0.258 e. The monoisotopic (exact) mass is 341 g/mol. The molecule has 25 heavy (non-hydrogen) atoms. The van der Waals surface area contributed by atoms with Crippen molar-refractivity contribution in [3.8, 4) is 11.5 Å². The van der Waals surface area contributed by atoms with Crippen molar-refractivity contribution in [1.29, 1.82) is 0 Å². The van der Waals surface area contributed by atoms with Gasteiger partial charge in [-0.05, 0) is 29.8 Å². The molecule has 0 unspecified atom stereocenters. The Bertz CT molecular complexity index is 743. The second-order valence-corrected chi connectivity index (χ2v) is 5.88. The normalized spacial score (nSPS) is 18.8. The molecule has 2 heterocycles. The van der Waals surface area contributed by atoms with Crippen LogP contribution in [0.2, 0.25) is 0 Å². The minimum absolute atomic E-state index is 0.108. The standard InChI is InChI=1S/C19H19NO5/c21-19(18-12-22-8-9-23-18)20(15-4-2-1-3-5-15)11-14-6-7-16-17(10-14)25-13-24-16/h1-7,10,18H,8-9,11-13H2/t18-/m0/s1. The highest BCUT2D eigenvalue weighted by molar-refractivity contribution is 5.96. The Morgan fingerprint density at radius 2 is 1.88 bits per heavy atom. The third-order valence-corrected chi connectivity index (χ3v) is 4.20. The van der Waals surface area contributed by atoms with Gasteiger partial charge in [0.05, 0.1) is 26.4 Å². The van der Waals surface area contributed by atoms with Crippen LogP contribution in [0.15, 0.2) is 48.5 Å². The Morgan fingerprint density at radius 1 is 1.04 bits per heavy atom. The number of ether oxygens (including phenoxy) is 4. The molecule has 0 aromatic heterocycles. The van der Waals surface area contributed by atoms with E-state index in [2.05, 4.69) is 0 Å². The van der Waals surface area contributed by atoms with Crippen molar-refractivity contribution >= 4 is 11.6 Å². The minimum atomic E-state index is -0.581. The Kier molecular flexibility index (Phi) is 4.54. The van der Waals surface area contributed by atoms with Crippen LogP contribution < -0.4 is 14.4 Å². The van der Waals surface area contributed by atoms with E-state index in [0.717, 1.165) is 17.0 Å². The molecule has 2 aromatic carbocycles. The van der Waals surface area contributed by atoms with E-state index in [1.54, 1.807) is 4.90 Å². The van der Waals surface area contributed by atoms with Crippen LogP contribution in [0, 0.1) is 0 Å². The highest BCUT2D eigenvalue weighted by Gasteiger charge is 2.29. The van der Waals surface area contributed by atoms with Crippen LogP contribution in [0.5, 0.6) is 11.5 Å². The largest absolute Gasteiger partial charge is 0.454 e. The predicted molar refractivity (Wildman–Crippen MR) is 90.8 cm³/mol. The first-order valence-electron chi connectivity index (χ1n) is 8.25. The van der Waals surface area contributed by atoms with E-state index in [1.807, 2.05) is 48.5 Å². The van der Waals surface area contributed by atoms with E-state index in [1.165, 1.54) is 0 Å². The summed E-state index contributed by atoms with van der Waals surface area (Å²) in [5.41, 5.74) is 1.78. The van der Waals surface area contributed by atoms with Crippen molar-refractivity contribution < 1.29 is 23.7 Å². The van der Waals surface area contributed by atoms with Crippen LogP contribution in [0.4, 0.5) is 5.69 Å². The summed E-state index contributed by atoms with van der Waals surface area (Å²) in [5.74, 6) is 1.32. The molecule has 0 aliphatic carbocycles. The molecule has 2 aromatic rings. The van der Waals surface area contributed by atoms with E-state index in [0.29, 0.717) is 25.5 Å². The first kappa shape index (κ1) is 15.9. The zero-order valence-electron chi connectivity index (χ0n) is 13.7. The predicted octanol–water partition coefficient (Wildman–Crippen LogP) is 2.36. The van der Waals surface area contributed by atoms with E-state index in [4.69, 9.17) is 18.9 Å². The molecule has 0 N–H and O–H groups in total. The van der Waals surface area contributed by atoms with Gasteiger partial charge in [0.1, 0.15) is 0 Å². The first-order chi connectivity index (χ1) is 12.3. The number of anilines is 1. The lowest BCUT2D eigenvalue weighted by Gasteiger charge is -2.29. The van der Waals surface area contributed by atoms with Crippen molar-refractivity contribution in [2.45, 2.75) is 12.6 Å². The second-order valence-electron chi connectivity index (χ2n) is 5.88. The van der Waals surface area contributed by atoms with Crippen LogP contribution in [0.1, 0.15) is 5.56 Å². The maximum absolute atomic E-state index is 13.0. The van der Waals surface area contributed by atoms with Crippen molar-refractivity contribution in [3.63, 3.8) is 0 Å². The van der Waals surface area contributed by atoms with Gasteiger partial charge in [-0.3, -0.25) is 4.79 Å². The van der Waals surface area contributed by atoms with Gasteiger partial charge in [0.15, 0.2) is 17.6 Å². The van der Waals surface area contributed by atoms with E-state index in [9.17, 15) is 4.79 Å². The molecule has 2 aliphatic rings. The lowest BCUT2D eigenvalue weighted by molar-refractivity contribution is -0.144. The summed E-state index contributed by atoms with van der Waals surface area (Å²) in [6, 6.07) is 15.3. The summed E-state index contributed by atoms with van der Waals surface area (Å²) < 4.78 is 21.8. The summed E-state index contributed by atoms with van der Waals surface area (Å²) in [6.07, 6.45) is -0.581. The fourth-order valence-corrected chi connectivity index (χ4v) is 2.93. The van der Waals surface area contributed by atoms with Crippen molar-refractivity contribution in [2.24, 2.45) is 0 Å². The third kappa shape index (κ3) is 3.45. The van der Waals surface area contributed by atoms with E-state index >= 15 is 0 Å². The molecule has 130 valence electrons. The number of nitrogens with zero attached hydrogens (tertiary/aromatic N) is 1. The average molecular weight is 341 g/mol. The average Bonchev–Trinajstić information content (AvgIpc) is 3.15. The van der Waals surface area contributed by atoms with Crippen LogP contribution in [-0.2, 0) is 20.8 Å². The summed E-state index contributed by atoms with van der Waals surface area (Å²) in [7, 11) is 0. The van der Waals surface area contributed by atoms with Crippen LogP contribution in [0.3, 0.4) is 0 Å². The number of amides is 1. The van der Waals surface area contributed by atoms with Crippen molar-refractivity contribution in [3.05, 3.63) is 54.1 Å². The Hall–Kier alpha value is -2.57. The van der Waals surface area contributed by atoms with Gasteiger partial charge < -0.3 is 23.8 Å². The van der Waals surface area contributed by atoms with Gasteiger partial charge in [-0.25, -0.2) is 0 Å². The zero-order chi connectivity index (χ0) is 17.1. The smallest absolute Gasteiger partial charge is 0.258 e. The molecule has 4 rings (SSSR count). The number of hydrogen-bond donors (Lipinski definition) is 0. The van der Waals surface area contributed by atoms with Crippen molar-refractivity contribution in [2.75, 3.05) is 31.5 Å². The molecule has 6 heteroatoms. The molecule has 0 bridgehead atoms. The summed E-state index contributed by atoms with van der Waals surface area (Å²) >= 11 is 0. The number of para-hydroxylation sites is 1. The fourth-order valence-electron chi connectivity index (χ4n) is 2.93. The SMILES string of the molecule is O=C([C@@H]1COCCO1)N(Cc1ccc2c(c1)OCO2)c1ccccc1. The highest BCUT2D eigenvalue weighted by atomic mass is 16.7. The molecule has 1 amide bonds. The third-order valence-electron chi connectivity index (χ3n) is 4.20. The van der Waals surface area contributed by atoms with Gasteiger partial charge in [-0.1, -0.05) is 24.3 Å². The van der Waals surface area contributed by atoms with Gasteiger partial charge in [-0.2, -0.15) is 0 Å². The number of rotatable bonds is 4. The summed E-state index contributed by atoms with van der Waals surface area (Å²) in [4.78, 5) is 14.7. The fraction of sp³-hybridized carbons (Fsp3) is 0.316. The first-order valence-corrected chi connectivity index (χ1v) is 8.25. The molecule has 0 spiro atoms. The quantitative estimate of drug-likeness (QED) is 0.854. The molecule has 2 aliphatic heterocycles. The second kappa shape index (κ2) is 7.13. The van der Waals surface area contributed by atoms with Crippen molar-refractivity contribution in [1.82, 2.24) is 0 Å². The molecule has 1 atom stereocenters. The van der Waals surface area contributed by atoms with Gasteiger partial charge >= 0.3 is 0 Å². The lowest BCUT2D eigenvalue weighted by Crippen LogP contribution is -2.45. The van der Waals surface area contributed by atoms with Crippen LogP contribution in [0.25, 0.3) is 0 Å². The zero-order valence-corrected chi connectivity index (χ0v) is 13.7. The minimum Gasteiger partial charge on any atom is -0.454 e. The van der Waals surface area contributed by atoms with Crippen LogP contribution >= 0.6 is 0 Å². The number of benzene rings is 2. The van der Waals surface area contributed by atoms with Gasteiger partial charge in [0.2, 0.25) is 6.79 Å². The van der Waals surface area contributed by atoms with Crippen LogP contribution in [-0.4, -0.2) is 38.6 Å².